The van der Waals surface area contributed by atoms with E-state index < -0.39 is 0 Å². The van der Waals surface area contributed by atoms with Gasteiger partial charge in [-0.2, -0.15) is 0 Å². The van der Waals surface area contributed by atoms with Crippen molar-refractivity contribution in [1.82, 2.24) is 9.80 Å². The molecule has 3 amide bonds. The number of carbonyl (C=O) groups excluding carboxylic acids is 2. The van der Waals surface area contributed by atoms with Crippen molar-refractivity contribution in [3.63, 3.8) is 0 Å². The minimum absolute atomic E-state index is 0.00162. The highest BCUT2D eigenvalue weighted by Gasteiger charge is 2.24. The van der Waals surface area contributed by atoms with Gasteiger partial charge in [-0.25, -0.2) is 4.79 Å². The van der Waals surface area contributed by atoms with Gasteiger partial charge in [0.1, 0.15) is 0 Å². The van der Waals surface area contributed by atoms with Crippen LogP contribution in [0.25, 0.3) is 0 Å². The molecule has 0 bridgehead atoms. The van der Waals surface area contributed by atoms with Gasteiger partial charge in [0.15, 0.2) is 0 Å². The van der Waals surface area contributed by atoms with E-state index in [2.05, 4.69) is 11.4 Å². The van der Waals surface area contributed by atoms with Crippen molar-refractivity contribution >= 4 is 29.0 Å². The lowest BCUT2D eigenvalue weighted by Gasteiger charge is -2.22. The number of para-hydroxylation sites is 1. The van der Waals surface area contributed by atoms with E-state index in [1.54, 1.807) is 29.4 Å². The molecule has 1 fully saturated rings. The number of benzene rings is 1. The van der Waals surface area contributed by atoms with Crippen LogP contribution in [0.3, 0.4) is 0 Å². The largest absolute Gasteiger partial charge is 0.339 e. The summed E-state index contributed by atoms with van der Waals surface area (Å²) in [5, 5.41) is 4.99. The Morgan fingerprint density at radius 2 is 1.88 bits per heavy atom. The van der Waals surface area contributed by atoms with Crippen LogP contribution in [0.15, 0.2) is 29.6 Å². The van der Waals surface area contributed by atoms with Gasteiger partial charge in [0.25, 0.3) is 5.91 Å². The molecule has 138 valence electrons. The minimum atomic E-state index is -0.206. The molecule has 1 aliphatic rings. The van der Waals surface area contributed by atoms with Crippen LogP contribution < -0.4 is 5.32 Å². The molecule has 1 aliphatic heterocycles. The Morgan fingerprint density at radius 1 is 1.15 bits per heavy atom. The second-order valence-corrected chi connectivity index (χ2v) is 7.81. The Bertz CT molecular complexity index is 809. The van der Waals surface area contributed by atoms with Crippen LogP contribution in [-0.2, 0) is 6.54 Å². The van der Waals surface area contributed by atoms with E-state index in [0.717, 1.165) is 31.5 Å². The summed E-state index contributed by atoms with van der Waals surface area (Å²) >= 11 is 1.65. The molecule has 26 heavy (non-hydrogen) atoms. The highest BCUT2D eigenvalue weighted by atomic mass is 32.1. The molecule has 0 atom stereocenters. The molecule has 2 heterocycles. The third-order valence-electron chi connectivity index (χ3n) is 4.82. The number of anilines is 1. The summed E-state index contributed by atoms with van der Waals surface area (Å²) in [4.78, 5) is 30.2. The van der Waals surface area contributed by atoms with Crippen LogP contribution in [0.2, 0.25) is 0 Å². The average Bonchev–Trinajstić information content (AvgIpc) is 3.28. The van der Waals surface area contributed by atoms with Crippen molar-refractivity contribution in [2.24, 2.45) is 0 Å². The first kappa shape index (κ1) is 18.5. The Labute approximate surface area is 158 Å². The molecule has 1 saturated heterocycles. The zero-order valence-corrected chi connectivity index (χ0v) is 16.4. The normalized spacial score (nSPS) is 13.7. The zero-order chi connectivity index (χ0) is 18.7. The van der Waals surface area contributed by atoms with Gasteiger partial charge in [-0.3, -0.25) is 4.79 Å². The predicted octanol–water partition coefficient (Wildman–Crippen LogP) is 4.26. The zero-order valence-electron chi connectivity index (χ0n) is 15.5. The highest BCUT2D eigenvalue weighted by Crippen LogP contribution is 2.25. The molecule has 1 N–H and O–H groups in total. The summed E-state index contributed by atoms with van der Waals surface area (Å²) in [6, 6.07) is 7.43. The number of rotatable bonds is 4. The quantitative estimate of drug-likeness (QED) is 0.873. The van der Waals surface area contributed by atoms with E-state index in [9.17, 15) is 9.59 Å². The molecule has 0 unspecified atom stereocenters. The predicted molar refractivity (Wildman–Crippen MR) is 106 cm³/mol. The molecular formula is C20H25N3O2S. The number of carbonyl (C=O) groups is 2. The first-order chi connectivity index (χ1) is 12.5. The molecule has 3 rings (SSSR count). The lowest BCUT2D eigenvalue weighted by molar-refractivity contribution is 0.0793. The Kier molecular flexibility index (Phi) is 5.61. The molecule has 6 heteroatoms. The number of nitrogens with zero attached hydrogens (tertiary/aromatic N) is 2. The van der Waals surface area contributed by atoms with Crippen LogP contribution >= 0.6 is 11.3 Å². The van der Waals surface area contributed by atoms with Crippen LogP contribution in [0.1, 0.15) is 39.2 Å². The molecule has 1 aromatic heterocycles. The van der Waals surface area contributed by atoms with Gasteiger partial charge in [0.2, 0.25) is 0 Å². The minimum Gasteiger partial charge on any atom is -0.339 e. The fourth-order valence-electron chi connectivity index (χ4n) is 3.16. The first-order valence-electron chi connectivity index (χ1n) is 8.91. The second kappa shape index (κ2) is 7.91. The van der Waals surface area contributed by atoms with E-state index >= 15 is 0 Å². The number of nitrogens with one attached hydrogen (secondary N) is 1. The smallest absolute Gasteiger partial charge is 0.321 e. The third-order valence-corrected chi connectivity index (χ3v) is 5.83. The number of amides is 3. The summed E-state index contributed by atoms with van der Waals surface area (Å²) in [5.41, 5.74) is 3.27. The maximum absolute atomic E-state index is 12.8. The fourth-order valence-corrected chi connectivity index (χ4v) is 4.12. The molecular weight excluding hydrogens is 346 g/mol. The molecule has 0 spiro atoms. The fraction of sp³-hybridized carbons (Fsp3) is 0.400. The van der Waals surface area contributed by atoms with Crippen LogP contribution in [0.4, 0.5) is 10.5 Å². The van der Waals surface area contributed by atoms with Crippen molar-refractivity contribution in [3.05, 3.63) is 51.2 Å². The maximum Gasteiger partial charge on any atom is 0.321 e. The number of aryl methyl sites for hydroxylation is 2. The SMILES string of the molecule is Cc1ccsc1CN(C)C(=O)Nc1c(C)cccc1C(=O)N1CCCC1. The van der Waals surface area contributed by atoms with Crippen LogP contribution in [0, 0.1) is 13.8 Å². The average molecular weight is 372 g/mol. The highest BCUT2D eigenvalue weighted by molar-refractivity contribution is 7.10. The number of hydrogen-bond donors (Lipinski definition) is 1. The summed E-state index contributed by atoms with van der Waals surface area (Å²) in [6.45, 7) is 6.09. The van der Waals surface area contributed by atoms with Crippen molar-refractivity contribution in [2.45, 2.75) is 33.2 Å². The number of likely N-dealkylation sites (tertiary alicyclic amines) is 1. The summed E-state index contributed by atoms with van der Waals surface area (Å²) in [5.74, 6) is -0.00162. The summed E-state index contributed by atoms with van der Waals surface area (Å²) in [7, 11) is 1.77. The van der Waals surface area contributed by atoms with E-state index in [1.165, 1.54) is 10.4 Å². The van der Waals surface area contributed by atoms with Gasteiger partial charge in [0.05, 0.1) is 17.8 Å². The standard InChI is InChI=1S/C20H25N3O2S/c1-14-9-12-26-17(14)13-22(3)20(25)21-18-15(2)7-6-8-16(18)19(24)23-10-4-5-11-23/h6-9,12H,4-5,10-11,13H2,1-3H3,(H,21,25). The molecule has 5 nitrogen and oxygen atoms in total. The van der Waals surface area contributed by atoms with E-state index in [1.807, 2.05) is 36.3 Å². The monoisotopic (exact) mass is 371 g/mol. The third kappa shape index (κ3) is 3.90. The molecule has 0 saturated carbocycles. The first-order valence-corrected chi connectivity index (χ1v) is 9.79. The maximum atomic E-state index is 12.8. The number of urea groups is 1. The Balaban J connectivity index is 1.77. The van der Waals surface area contributed by atoms with Gasteiger partial charge < -0.3 is 15.1 Å². The van der Waals surface area contributed by atoms with Crippen molar-refractivity contribution < 1.29 is 9.59 Å². The summed E-state index contributed by atoms with van der Waals surface area (Å²) in [6.07, 6.45) is 2.09. The van der Waals surface area contributed by atoms with Crippen molar-refractivity contribution in [3.8, 4) is 0 Å². The molecule has 2 aromatic rings. The van der Waals surface area contributed by atoms with Crippen molar-refractivity contribution in [2.75, 3.05) is 25.5 Å². The summed E-state index contributed by atoms with van der Waals surface area (Å²) < 4.78 is 0. The van der Waals surface area contributed by atoms with E-state index in [0.29, 0.717) is 17.8 Å². The lowest BCUT2D eigenvalue weighted by Crippen LogP contribution is -2.33. The van der Waals surface area contributed by atoms with Gasteiger partial charge in [0, 0.05) is 25.0 Å². The molecule has 0 radical (unpaired) electrons. The van der Waals surface area contributed by atoms with Gasteiger partial charge in [-0.15, -0.1) is 11.3 Å². The molecule has 0 aliphatic carbocycles. The Hall–Kier alpha value is -2.34. The lowest BCUT2D eigenvalue weighted by atomic mass is 10.1. The van der Waals surface area contributed by atoms with Crippen LogP contribution in [0.5, 0.6) is 0 Å². The Morgan fingerprint density at radius 3 is 2.54 bits per heavy atom. The second-order valence-electron chi connectivity index (χ2n) is 6.81. The number of thiophene rings is 1. The van der Waals surface area contributed by atoms with Gasteiger partial charge in [-0.1, -0.05) is 12.1 Å². The van der Waals surface area contributed by atoms with Gasteiger partial charge in [-0.05, 0) is 55.3 Å². The molecule has 1 aromatic carbocycles. The van der Waals surface area contributed by atoms with E-state index in [4.69, 9.17) is 0 Å². The number of hydrogen-bond acceptors (Lipinski definition) is 3. The van der Waals surface area contributed by atoms with Crippen molar-refractivity contribution in [1.29, 1.82) is 0 Å². The topological polar surface area (TPSA) is 52.7 Å². The van der Waals surface area contributed by atoms with Crippen LogP contribution in [-0.4, -0.2) is 41.9 Å². The van der Waals surface area contributed by atoms with E-state index in [-0.39, 0.29) is 11.9 Å². The van der Waals surface area contributed by atoms with Gasteiger partial charge >= 0.3 is 6.03 Å².